The fourth-order valence-electron chi connectivity index (χ4n) is 4.92. The van der Waals surface area contributed by atoms with Crippen LogP contribution in [0.4, 0.5) is 9.18 Å². The van der Waals surface area contributed by atoms with E-state index in [2.05, 4.69) is 10.4 Å². The number of amides is 2. The molecule has 162 valence electrons. The Kier molecular flexibility index (Phi) is 6.09. The lowest BCUT2D eigenvalue weighted by atomic mass is 9.83. The standard InChI is InChI=1S/C23H31FN4O2/c1-15-12-25-28(13-15)21-9-8-18(10-20(21)24)16(2)26-23(30)27-14-19(29)11-22(27)17-6-4-3-5-7-17/h8-10,12-13,16-17,19,22,29H,3-7,11,14H2,1-2H3,(H,26,30). The van der Waals surface area contributed by atoms with Gasteiger partial charge in [0.1, 0.15) is 11.5 Å². The second kappa shape index (κ2) is 8.76. The molecule has 0 spiro atoms. The van der Waals surface area contributed by atoms with Gasteiger partial charge in [-0.05, 0) is 62.3 Å². The van der Waals surface area contributed by atoms with Crippen molar-refractivity contribution in [3.63, 3.8) is 0 Å². The van der Waals surface area contributed by atoms with Crippen molar-refractivity contribution in [3.8, 4) is 5.69 Å². The molecule has 2 N–H and O–H groups in total. The zero-order valence-electron chi connectivity index (χ0n) is 17.7. The summed E-state index contributed by atoms with van der Waals surface area (Å²) in [6.45, 7) is 4.13. The summed E-state index contributed by atoms with van der Waals surface area (Å²) in [6, 6.07) is 4.53. The Balaban J connectivity index is 1.44. The van der Waals surface area contributed by atoms with Crippen LogP contribution in [0.3, 0.4) is 0 Å². The molecule has 1 aliphatic carbocycles. The van der Waals surface area contributed by atoms with Gasteiger partial charge in [-0.2, -0.15) is 5.10 Å². The van der Waals surface area contributed by atoms with E-state index in [9.17, 15) is 14.3 Å². The first-order valence-corrected chi connectivity index (χ1v) is 11.0. The number of benzene rings is 1. The van der Waals surface area contributed by atoms with Crippen LogP contribution in [0.15, 0.2) is 30.6 Å². The lowest BCUT2D eigenvalue weighted by molar-refractivity contribution is 0.152. The number of hydrogen-bond acceptors (Lipinski definition) is 3. The van der Waals surface area contributed by atoms with Crippen LogP contribution in [0.25, 0.3) is 5.69 Å². The highest BCUT2D eigenvalue weighted by Gasteiger charge is 2.39. The van der Waals surface area contributed by atoms with Crippen LogP contribution in [0.2, 0.25) is 0 Å². The molecule has 3 unspecified atom stereocenters. The minimum Gasteiger partial charge on any atom is -0.391 e. The van der Waals surface area contributed by atoms with Gasteiger partial charge in [-0.3, -0.25) is 0 Å². The summed E-state index contributed by atoms with van der Waals surface area (Å²) in [4.78, 5) is 14.8. The minimum atomic E-state index is -0.466. The summed E-state index contributed by atoms with van der Waals surface area (Å²) in [5.74, 6) is 0.0830. The molecule has 4 rings (SSSR count). The van der Waals surface area contributed by atoms with Gasteiger partial charge < -0.3 is 15.3 Å². The highest BCUT2D eigenvalue weighted by molar-refractivity contribution is 5.75. The van der Waals surface area contributed by atoms with Crippen LogP contribution in [-0.4, -0.2) is 44.5 Å². The highest BCUT2D eigenvalue weighted by atomic mass is 19.1. The van der Waals surface area contributed by atoms with Gasteiger partial charge in [0.25, 0.3) is 0 Å². The van der Waals surface area contributed by atoms with Gasteiger partial charge in [0.15, 0.2) is 0 Å². The first-order valence-electron chi connectivity index (χ1n) is 11.0. The Morgan fingerprint density at radius 1 is 1.30 bits per heavy atom. The lowest BCUT2D eigenvalue weighted by Gasteiger charge is -2.34. The van der Waals surface area contributed by atoms with Crippen molar-refractivity contribution in [3.05, 3.63) is 47.5 Å². The maximum Gasteiger partial charge on any atom is 0.318 e. The van der Waals surface area contributed by atoms with E-state index >= 15 is 0 Å². The molecule has 2 aliphatic rings. The summed E-state index contributed by atoms with van der Waals surface area (Å²) >= 11 is 0. The van der Waals surface area contributed by atoms with Crippen molar-refractivity contribution < 1.29 is 14.3 Å². The van der Waals surface area contributed by atoms with Crippen molar-refractivity contribution in [1.29, 1.82) is 0 Å². The molecule has 1 saturated heterocycles. The Bertz CT molecular complexity index is 893. The highest BCUT2D eigenvalue weighted by Crippen LogP contribution is 2.34. The first kappa shape index (κ1) is 20.8. The van der Waals surface area contributed by atoms with Crippen molar-refractivity contribution >= 4 is 6.03 Å². The number of aliphatic hydroxyl groups excluding tert-OH is 1. The molecule has 1 aliphatic heterocycles. The van der Waals surface area contributed by atoms with E-state index in [4.69, 9.17) is 0 Å². The minimum absolute atomic E-state index is 0.0923. The van der Waals surface area contributed by atoms with Crippen LogP contribution in [0, 0.1) is 18.7 Å². The summed E-state index contributed by atoms with van der Waals surface area (Å²) in [6.07, 6.45) is 9.54. The zero-order chi connectivity index (χ0) is 21.3. The quantitative estimate of drug-likeness (QED) is 0.791. The molecule has 0 bridgehead atoms. The number of carbonyl (C=O) groups excluding carboxylic acids is 1. The number of aryl methyl sites for hydroxylation is 1. The van der Waals surface area contributed by atoms with Crippen LogP contribution < -0.4 is 5.32 Å². The smallest absolute Gasteiger partial charge is 0.318 e. The topological polar surface area (TPSA) is 70.4 Å². The third kappa shape index (κ3) is 4.36. The summed E-state index contributed by atoms with van der Waals surface area (Å²) in [7, 11) is 0. The van der Waals surface area contributed by atoms with Crippen molar-refractivity contribution in [2.45, 2.75) is 70.6 Å². The normalized spacial score (nSPS) is 23.5. The SMILES string of the molecule is Cc1cnn(-c2ccc(C(C)NC(=O)N3CC(O)CC3C3CCCCC3)cc2F)c1. The summed E-state index contributed by atoms with van der Waals surface area (Å²) in [5.41, 5.74) is 2.03. The number of rotatable bonds is 4. The van der Waals surface area contributed by atoms with E-state index in [1.54, 1.807) is 23.4 Å². The molecule has 3 atom stereocenters. The molecule has 1 saturated carbocycles. The third-order valence-electron chi connectivity index (χ3n) is 6.55. The molecule has 7 heteroatoms. The maximum absolute atomic E-state index is 14.7. The average molecular weight is 415 g/mol. The molecule has 1 aromatic carbocycles. The Labute approximate surface area is 177 Å². The number of likely N-dealkylation sites (tertiary alicyclic amines) is 1. The second-order valence-corrected chi connectivity index (χ2v) is 8.85. The molecule has 2 aromatic rings. The monoisotopic (exact) mass is 414 g/mol. The second-order valence-electron chi connectivity index (χ2n) is 8.85. The Morgan fingerprint density at radius 2 is 2.07 bits per heavy atom. The van der Waals surface area contributed by atoms with Crippen molar-refractivity contribution in [2.75, 3.05) is 6.54 Å². The van der Waals surface area contributed by atoms with Gasteiger partial charge in [0, 0.05) is 18.8 Å². The van der Waals surface area contributed by atoms with Crippen molar-refractivity contribution in [2.24, 2.45) is 5.92 Å². The largest absolute Gasteiger partial charge is 0.391 e. The van der Waals surface area contributed by atoms with Gasteiger partial charge in [-0.25, -0.2) is 13.9 Å². The van der Waals surface area contributed by atoms with Crippen LogP contribution in [-0.2, 0) is 0 Å². The molecule has 30 heavy (non-hydrogen) atoms. The molecule has 1 aromatic heterocycles. The fourth-order valence-corrected chi connectivity index (χ4v) is 4.92. The van der Waals surface area contributed by atoms with Gasteiger partial charge in [-0.15, -0.1) is 0 Å². The number of urea groups is 1. The van der Waals surface area contributed by atoms with Gasteiger partial charge in [-0.1, -0.05) is 25.3 Å². The predicted molar refractivity (Wildman–Crippen MR) is 113 cm³/mol. The molecule has 2 amide bonds. The van der Waals surface area contributed by atoms with E-state index in [0.717, 1.165) is 18.4 Å². The summed E-state index contributed by atoms with van der Waals surface area (Å²) in [5, 5.41) is 17.4. The van der Waals surface area contributed by atoms with Crippen LogP contribution in [0.5, 0.6) is 0 Å². The lowest BCUT2D eigenvalue weighted by Crippen LogP contribution is -2.46. The first-order chi connectivity index (χ1) is 14.4. The van der Waals surface area contributed by atoms with Gasteiger partial charge in [0.05, 0.1) is 18.3 Å². The number of aliphatic hydroxyl groups is 1. The number of hydrogen-bond donors (Lipinski definition) is 2. The number of aromatic nitrogens is 2. The number of nitrogens with one attached hydrogen (secondary N) is 1. The summed E-state index contributed by atoms with van der Waals surface area (Å²) < 4.78 is 16.2. The van der Waals surface area contributed by atoms with E-state index in [0.29, 0.717) is 30.1 Å². The Morgan fingerprint density at radius 3 is 2.73 bits per heavy atom. The average Bonchev–Trinajstić information content (AvgIpc) is 3.34. The third-order valence-corrected chi connectivity index (χ3v) is 6.55. The van der Waals surface area contributed by atoms with Crippen molar-refractivity contribution in [1.82, 2.24) is 20.0 Å². The molecular weight excluding hydrogens is 383 g/mol. The van der Waals surface area contributed by atoms with E-state index in [1.807, 2.05) is 19.9 Å². The van der Waals surface area contributed by atoms with E-state index < -0.39 is 6.10 Å². The van der Waals surface area contributed by atoms with E-state index in [-0.39, 0.29) is 23.9 Å². The zero-order valence-corrected chi connectivity index (χ0v) is 17.7. The van der Waals surface area contributed by atoms with Crippen LogP contribution in [0.1, 0.15) is 62.6 Å². The molecular formula is C23H31FN4O2. The number of carbonyl (C=O) groups is 1. The molecule has 0 radical (unpaired) electrons. The molecule has 6 nitrogen and oxygen atoms in total. The number of β-amino-alcohol motifs (C(OH)–C–C–N with tert-alkyl or cyclic N) is 1. The van der Waals surface area contributed by atoms with Gasteiger partial charge >= 0.3 is 6.03 Å². The van der Waals surface area contributed by atoms with E-state index in [1.165, 1.54) is 30.0 Å². The molecule has 2 fully saturated rings. The van der Waals surface area contributed by atoms with Gasteiger partial charge in [0.2, 0.25) is 0 Å². The maximum atomic E-state index is 14.7. The number of nitrogens with zero attached hydrogens (tertiary/aromatic N) is 3. The Hall–Kier alpha value is -2.41. The predicted octanol–water partition coefficient (Wildman–Crippen LogP) is 4.11. The number of halogens is 1. The molecule has 2 heterocycles. The fraction of sp³-hybridized carbons (Fsp3) is 0.565. The van der Waals surface area contributed by atoms with Crippen LogP contribution >= 0.6 is 0 Å².